The number of carbonyl (C=O) groups excluding carboxylic acids is 1. The predicted octanol–water partition coefficient (Wildman–Crippen LogP) is 3.06. The lowest BCUT2D eigenvalue weighted by atomic mass is 10.2. The molecule has 0 fully saturated rings. The Hall–Kier alpha value is -2.36. The maximum atomic E-state index is 13.3. The quantitative estimate of drug-likeness (QED) is 0.857. The molecule has 2 aromatic rings. The van der Waals surface area contributed by atoms with E-state index in [4.69, 9.17) is 4.42 Å². The molecule has 19 heavy (non-hydrogen) atoms. The van der Waals surface area contributed by atoms with Crippen molar-refractivity contribution < 1.29 is 13.6 Å². The molecule has 0 aliphatic carbocycles. The number of aryl methyl sites for hydroxylation is 1. The molecule has 0 aliphatic rings. The van der Waals surface area contributed by atoms with E-state index in [1.54, 1.807) is 30.3 Å². The van der Waals surface area contributed by atoms with Gasteiger partial charge >= 0.3 is 0 Å². The number of benzene rings is 1. The number of rotatable bonds is 4. The highest BCUT2D eigenvalue weighted by atomic mass is 19.1. The van der Waals surface area contributed by atoms with Gasteiger partial charge in [-0.3, -0.25) is 4.79 Å². The Bertz CT molecular complexity index is 602. The van der Waals surface area contributed by atoms with Gasteiger partial charge in [-0.25, -0.2) is 4.39 Å². The minimum absolute atomic E-state index is 0.160. The van der Waals surface area contributed by atoms with Crippen LogP contribution in [-0.2, 0) is 11.3 Å². The van der Waals surface area contributed by atoms with Crippen LogP contribution in [0.25, 0.3) is 6.08 Å². The Labute approximate surface area is 110 Å². The predicted molar refractivity (Wildman–Crippen MR) is 70.7 cm³/mol. The van der Waals surface area contributed by atoms with Crippen LogP contribution < -0.4 is 5.32 Å². The number of hydrogen-bond donors (Lipinski definition) is 1. The van der Waals surface area contributed by atoms with Crippen LogP contribution in [0.5, 0.6) is 0 Å². The highest BCUT2D eigenvalue weighted by Gasteiger charge is 2.02. The number of furan rings is 1. The normalized spacial score (nSPS) is 10.8. The van der Waals surface area contributed by atoms with E-state index in [9.17, 15) is 9.18 Å². The first-order chi connectivity index (χ1) is 9.15. The zero-order valence-electron chi connectivity index (χ0n) is 10.5. The van der Waals surface area contributed by atoms with Crippen molar-refractivity contribution in [3.8, 4) is 0 Å². The van der Waals surface area contributed by atoms with Gasteiger partial charge in [-0.2, -0.15) is 0 Å². The molecular formula is C15H14FNO2. The Balaban J connectivity index is 1.88. The second-order valence-electron chi connectivity index (χ2n) is 4.09. The van der Waals surface area contributed by atoms with Crippen LogP contribution in [0.3, 0.4) is 0 Å². The maximum absolute atomic E-state index is 13.3. The summed E-state index contributed by atoms with van der Waals surface area (Å²) in [5.74, 6) is 0.774. The molecule has 0 aliphatic heterocycles. The van der Waals surface area contributed by atoms with Crippen molar-refractivity contribution >= 4 is 12.0 Å². The number of halogens is 1. The van der Waals surface area contributed by atoms with E-state index in [-0.39, 0.29) is 18.3 Å². The van der Waals surface area contributed by atoms with Crippen molar-refractivity contribution in [3.05, 3.63) is 65.4 Å². The fourth-order valence-electron chi connectivity index (χ4n) is 1.58. The van der Waals surface area contributed by atoms with Gasteiger partial charge in [-0.05, 0) is 31.2 Å². The molecule has 1 heterocycles. The van der Waals surface area contributed by atoms with Crippen LogP contribution in [0, 0.1) is 12.7 Å². The molecule has 1 N–H and O–H groups in total. The molecule has 0 spiro atoms. The van der Waals surface area contributed by atoms with Gasteiger partial charge in [0.15, 0.2) is 0 Å². The molecule has 3 nitrogen and oxygen atoms in total. The van der Waals surface area contributed by atoms with Gasteiger partial charge in [0.25, 0.3) is 0 Å². The van der Waals surface area contributed by atoms with E-state index in [1.807, 2.05) is 13.0 Å². The zero-order valence-corrected chi connectivity index (χ0v) is 10.5. The monoisotopic (exact) mass is 259 g/mol. The van der Waals surface area contributed by atoms with E-state index >= 15 is 0 Å². The van der Waals surface area contributed by atoms with Crippen molar-refractivity contribution in [1.82, 2.24) is 5.32 Å². The third-order valence-electron chi connectivity index (χ3n) is 2.57. The highest BCUT2D eigenvalue weighted by Crippen LogP contribution is 2.08. The summed E-state index contributed by atoms with van der Waals surface area (Å²) < 4.78 is 18.6. The summed E-state index contributed by atoms with van der Waals surface area (Å²) in [5, 5.41) is 2.61. The standard InChI is InChI=1S/C15H14FNO2/c1-11-6-7-13(19-11)8-9-15(18)17-10-12-4-2-3-5-14(12)16/h2-9H,10H2,1H3,(H,17,18). The first-order valence-electron chi connectivity index (χ1n) is 5.91. The summed E-state index contributed by atoms with van der Waals surface area (Å²) in [7, 11) is 0. The van der Waals surface area contributed by atoms with Crippen LogP contribution in [0.15, 0.2) is 46.9 Å². The molecule has 98 valence electrons. The Morgan fingerprint density at radius 3 is 2.79 bits per heavy atom. The zero-order chi connectivity index (χ0) is 13.7. The van der Waals surface area contributed by atoms with Gasteiger partial charge in [-0.15, -0.1) is 0 Å². The molecule has 0 atom stereocenters. The summed E-state index contributed by atoms with van der Waals surface area (Å²) in [4.78, 5) is 11.5. The topological polar surface area (TPSA) is 42.2 Å². The Kier molecular flexibility index (Phi) is 4.13. The van der Waals surface area contributed by atoms with Crippen molar-refractivity contribution in [3.63, 3.8) is 0 Å². The summed E-state index contributed by atoms with van der Waals surface area (Å²) in [6, 6.07) is 9.93. The Morgan fingerprint density at radius 2 is 2.11 bits per heavy atom. The lowest BCUT2D eigenvalue weighted by Gasteiger charge is -2.03. The van der Waals surface area contributed by atoms with Crippen LogP contribution >= 0.6 is 0 Å². The molecule has 0 unspecified atom stereocenters. The van der Waals surface area contributed by atoms with Gasteiger partial charge in [0.05, 0.1) is 0 Å². The third-order valence-corrected chi connectivity index (χ3v) is 2.57. The molecule has 1 amide bonds. The van der Waals surface area contributed by atoms with Gasteiger partial charge in [0.2, 0.25) is 5.91 Å². The minimum Gasteiger partial charge on any atom is -0.462 e. The van der Waals surface area contributed by atoms with Gasteiger partial charge in [0.1, 0.15) is 17.3 Å². The number of hydrogen-bond acceptors (Lipinski definition) is 2. The van der Waals surface area contributed by atoms with Crippen LogP contribution in [-0.4, -0.2) is 5.91 Å². The third kappa shape index (κ3) is 3.81. The van der Waals surface area contributed by atoms with E-state index in [1.165, 1.54) is 12.1 Å². The number of amides is 1. The summed E-state index contributed by atoms with van der Waals surface area (Å²) in [6.45, 7) is 1.99. The SMILES string of the molecule is Cc1ccc(C=CC(=O)NCc2ccccc2F)o1. The summed E-state index contributed by atoms with van der Waals surface area (Å²) in [6.07, 6.45) is 2.93. The van der Waals surface area contributed by atoms with Crippen molar-refractivity contribution in [2.45, 2.75) is 13.5 Å². The highest BCUT2D eigenvalue weighted by molar-refractivity contribution is 5.91. The molecule has 0 bridgehead atoms. The minimum atomic E-state index is -0.326. The second kappa shape index (κ2) is 6.00. The fourth-order valence-corrected chi connectivity index (χ4v) is 1.58. The second-order valence-corrected chi connectivity index (χ2v) is 4.09. The van der Waals surface area contributed by atoms with Gasteiger partial charge in [0, 0.05) is 18.2 Å². The molecule has 0 saturated carbocycles. The number of nitrogens with one attached hydrogen (secondary N) is 1. The van der Waals surface area contributed by atoms with Crippen LogP contribution in [0.1, 0.15) is 17.1 Å². The lowest BCUT2D eigenvalue weighted by molar-refractivity contribution is -0.116. The van der Waals surface area contributed by atoms with E-state index < -0.39 is 0 Å². The molecular weight excluding hydrogens is 245 g/mol. The largest absolute Gasteiger partial charge is 0.462 e. The lowest BCUT2D eigenvalue weighted by Crippen LogP contribution is -2.20. The first kappa shape index (κ1) is 13.1. The van der Waals surface area contributed by atoms with Gasteiger partial charge < -0.3 is 9.73 Å². The van der Waals surface area contributed by atoms with E-state index in [0.717, 1.165) is 5.76 Å². The smallest absolute Gasteiger partial charge is 0.244 e. The Morgan fingerprint density at radius 1 is 1.32 bits per heavy atom. The van der Waals surface area contributed by atoms with Crippen molar-refractivity contribution in [2.24, 2.45) is 0 Å². The molecule has 4 heteroatoms. The van der Waals surface area contributed by atoms with Crippen molar-refractivity contribution in [1.29, 1.82) is 0 Å². The molecule has 1 aromatic carbocycles. The van der Waals surface area contributed by atoms with E-state index in [0.29, 0.717) is 11.3 Å². The van der Waals surface area contributed by atoms with Crippen molar-refractivity contribution in [2.75, 3.05) is 0 Å². The van der Waals surface area contributed by atoms with E-state index in [2.05, 4.69) is 5.32 Å². The summed E-state index contributed by atoms with van der Waals surface area (Å²) in [5.41, 5.74) is 0.457. The van der Waals surface area contributed by atoms with Gasteiger partial charge in [-0.1, -0.05) is 18.2 Å². The average Bonchev–Trinajstić information content (AvgIpc) is 2.81. The molecule has 0 radical (unpaired) electrons. The fraction of sp³-hybridized carbons (Fsp3) is 0.133. The summed E-state index contributed by atoms with van der Waals surface area (Å²) >= 11 is 0. The molecule has 1 aromatic heterocycles. The van der Waals surface area contributed by atoms with Crippen LogP contribution in [0.2, 0.25) is 0 Å². The number of carbonyl (C=O) groups is 1. The maximum Gasteiger partial charge on any atom is 0.244 e. The molecule has 2 rings (SSSR count). The first-order valence-corrected chi connectivity index (χ1v) is 5.91. The molecule has 0 saturated heterocycles. The van der Waals surface area contributed by atoms with Crippen LogP contribution in [0.4, 0.5) is 4.39 Å². The average molecular weight is 259 g/mol.